The predicted molar refractivity (Wildman–Crippen MR) is 96.4 cm³/mol. The zero-order valence-electron chi connectivity index (χ0n) is 12.5. The summed E-state index contributed by atoms with van der Waals surface area (Å²) in [5.74, 6) is 0.566. The molecule has 1 aromatic rings. The van der Waals surface area contributed by atoms with Gasteiger partial charge in [0.25, 0.3) is 0 Å². The Morgan fingerprint density at radius 2 is 1.90 bits per heavy atom. The molecule has 118 valence electrons. The highest BCUT2D eigenvalue weighted by Gasteiger charge is 2.04. The van der Waals surface area contributed by atoms with Crippen LogP contribution in [0.2, 0.25) is 0 Å². The number of hydrogen-bond acceptors (Lipinski definition) is 3. The molecule has 0 heterocycles. The number of nitrogens with zero attached hydrogens (tertiary/aromatic N) is 1. The number of benzene rings is 1. The van der Waals surface area contributed by atoms with Crippen LogP contribution in [0, 0.1) is 0 Å². The van der Waals surface area contributed by atoms with Gasteiger partial charge in [-0.2, -0.15) is 0 Å². The minimum Gasteiger partial charge on any atom is -0.508 e. The van der Waals surface area contributed by atoms with Gasteiger partial charge in [0.2, 0.25) is 5.91 Å². The average Bonchev–Trinajstić information content (AvgIpc) is 2.38. The summed E-state index contributed by atoms with van der Waals surface area (Å²) in [6.45, 7) is 6.74. The lowest BCUT2D eigenvalue weighted by Crippen LogP contribution is -2.41. The quantitative estimate of drug-likeness (QED) is 0.261. The van der Waals surface area contributed by atoms with Crippen LogP contribution in [0.25, 0.3) is 0 Å². The molecule has 0 spiro atoms. The van der Waals surface area contributed by atoms with Crippen LogP contribution in [0.3, 0.4) is 0 Å². The number of amides is 1. The highest BCUT2D eigenvalue weighted by molar-refractivity contribution is 14.0. The molecule has 0 radical (unpaired) electrons. The first-order chi connectivity index (χ1) is 9.51. The number of carbonyl (C=O) groups excluding carboxylic acids is 1. The number of nitrogens with one attached hydrogen (secondary N) is 3. The summed E-state index contributed by atoms with van der Waals surface area (Å²) in [6, 6.07) is 6.54. The van der Waals surface area contributed by atoms with E-state index in [4.69, 9.17) is 5.11 Å². The largest absolute Gasteiger partial charge is 0.508 e. The van der Waals surface area contributed by atoms with Crippen LogP contribution < -0.4 is 16.0 Å². The predicted octanol–water partition coefficient (Wildman–Crippen LogP) is 1.91. The van der Waals surface area contributed by atoms with Gasteiger partial charge in [-0.1, -0.05) is 0 Å². The third-order valence-corrected chi connectivity index (χ3v) is 2.30. The monoisotopic (exact) mass is 406 g/mol. The number of carbonyl (C=O) groups is 1. The molecule has 7 heteroatoms. The summed E-state index contributed by atoms with van der Waals surface area (Å²) in [7, 11) is 0. The molecule has 6 nitrogen and oxygen atoms in total. The molecule has 0 aromatic heterocycles. The Bertz CT molecular complexity index is 461. The van der Waals surface area contributed by atoms with Gasteiger partial charge in [-0.25, -0.2) is 4.99 Å². The number of rotatable bonds is 5. The first kappa shape index (κ1) is 19.5. The summed E-state index contributed by atoms with van der Waals surface area (Å²) < 4.78 is 0. The highest BCUT2D eigenvalue weighted by Crippen LogP contribution is 2.13. The fourth-order valence-corrected chi connectivity index (χ4v) is 1.49. The Labute approximate surface area is 142 Å². The molecule has 1 rings (SSSR count). The van der Waals surface area contributed by atoms with Crippen molar-refractivity contribution in [1.29, 1.82) is 0 Å². The molecule has 21 heavy (non-hydrogen) atoms. The van der Waals surface area contributed by atoms with E-state index < -0.39 is 0 Å². The second kappa shape index (κ2) is 10.3. The Balaban J connectivity index is 0.00000400. The fourth-order valence-electron chi connectivity index (χ4n) is 1.49. The summed E-state index contributed by atoms with van der Waals surface area (Å²) in [4.78, 5) is 16.0. The van der Waals surface area contributed by atoms with Gasteiger partial charge >= 0.3 is 0 Å². The molecule has 0 saturated carbocycles. The SMILES string of the molecule is CCNC(=NCC(=O)Nc1ccc(O)cc1)NC(C)C.I. The van der Waals surface area contributed by atoms with E-state index in [0.29, 0.717) is 11.6 Å². The van der Waals surface area contributed by atoms with Crippen molar-refractivity contribution in [2.45, 2.75) is 26.8 Å². The molecule has 1 aromatic carbocycles. The van der Waals surface area contributed by atoms with E-state index in [2.05, 4.69) is 20.9 Å². The Morgan fingerprint density at radius 3 is 2.43 bits per heavy atom. The Hall–Kier alpha value is -1.51. The van der Waals surface area contributed by atoms with Gasteiger partial charge in [-0.15, -0.1) is 24.0 Å². The van der Waals surface area contributed by atoms with Gasteiger partial charge in [-0.05, 0) is 45.0 Å². The number of halogens is 1. The molecule has 0 aliphatic rings. The molecule has 0 aliphatic heterocycles. The van der Waals surface area contributed by atoms with Crippen molar-refractivity contribution in [3.63, 3.8) is 0 Å². The number of aliphatic imine (C=N–C) groups is 1. The van der Waals surface area contributed by atoms with Gasteiger partial charge in [0.1, 0.15) is 12.3 Å². The summed E-state index contributed by atoms with van der Waals surface area (Å²) >= 11 is 0. The molecule has 0 aliphatic carbocycles. The number of aromatic hydroxyl groups is 1. The van der Waals surface area contributed by atoms with Crippen LogP contribution >= 0.6 is 24.0 Å². The van der Waals surface area contributed by atoms with E-state index in [9.17, 15) is 4.79 Å². The minimum atomic E-state index is -0.211. The average molecular weight is 406 g/mol. The van der Waals surface area contributed by atoms with Crippen molar-refractivity contribution in [2.24, 2.45) is 4.99 Å². The zero-order valence-corrected chi connectivity index (χ0v) is 14.8. The lowest BCUT2D eigenvalue weighted by Gasteiger charge is -2.13. The normalized spacial score (nSPS) is 10.8. The highest BCUT2D eigenvalue weighted by atomic mass is 127. The van der Waals surface area contributed by atoms with Crippen molar-refractivity contribution in [1.82, 2.24) is 10.6 Å². The second-order valence-corrected chi connectivity index (χ2v) is 4.59. The van der Waals surface area contributed by atoms with Crippen LogP contribution in [0.4, 0.5) is 5.69 Å². The van der Waals surface area contributed by atoms with Crippen LogP contribution in [-0.2, 0) is 4.79 Å². The topological polar surface area (TPSA) is 85.8 Å². The van der Waals surface area contributed by atoms with Crippen molar-refractivity contribution >= 4 is 41.5 Å². The van der Waals surface area contributed by atoms with E-state index in [1.807, 2.05) is 20.8 Å². The fraction of sp³-hybridized carbons (Fsp3) is 0.429. The van der Waals surface area contributed by atoms with Gasteiger partial charge < -0.3 is 21.1 Å². The Morgan fingerprint density at radius 1 is 1.29 bits per heavy atom. The third kappa shape index (κ3) is 8.38. The lowest BCUT2D eigenvalue weighted by molar-refractivity contribution is -0.114. The van der Waals surface area contributed by atoms with Crippen LogP contribution in [0.1, 0.15) is 20.8 Å². The van der Waals surface area contributed by atoms with E-state index in [0.717, 1.165) is 6.54 Å². The Kier molecular flexibility index (Phi) is 9.51. The maximum Gasteiger partial charge on any atom is 0.246 e. The van der Waals surface area contributed by atoms with Crippen molar-refractivity contribution in [2.75, 3.05) is 18.4 Å². The zero-order chi connectivity index (χ0) is 15.0. The minimum absolute atomic E-state index is 0. The van der Waals surface area contributed by atoms with Crippen molar-refractivity contribution < 1.29 is 9.90 Å². The molecular formula is C14H23IN4O2. The second-order valence-electron chi connectivity index (χ2n) is 4.59. The molecule has 0 atom stereocenters. The number of anilines is 1. The molecule has 1 amide bonds. The first-order valence-corrected chi connectivity index (χ1v) is 6.65. The molecule has 0 bridgehead atoms. The van der Waals surface area contributed by atoms with Crippen LogP contribution in [0.15, 0.2) is 29.3 Å². The lowest BCUT2D eigenvalue weighted by atomic mass is 10.3. The van der Waals surface area contributed by atoms with Gasteiger partial charge in [0.15, 0.2) is 5.96 Å². The van der Waals surface area contributed by atoms with Gasteiger partial charge in [0, 0.05) is 18.3 Å². The molecule has 0 saturated heterocycles. The summed E-state index contributed by atoms with van der Waals surface area (Å²) in [6.07, 6.45) is 0. The number of hydrogen-bond donors (Lipinski definition) is 4. The molecule has 4 N–H and O–H groups in total. The van der Waals surface area contributed by atoms with Gasteiger partial charge in [-0.3, -0.25) is 4.79 Å². The van der Waals surface area contributed by atoms with E-state index in [-0.39, 0.29) is 48.2 Å². The third-order valence-electron chi connectivity index (χ3n) is 2.30. The first-order valence-electron chi connectivity index (χ1n) is 6.65. The summed E-state index contributed by atoms with van der Waals surface area (Å²) in [5.41, 5.74) is 0.629. The van der Waals surface area contributed by atoms with Gasteiger partial charge in [0.05, 0.1) is 0 Å². The maximum atomic E-state index is 11.8. The number of phenols is 1. The maximum absolute atomic E-state index is 11.8. The van der Waals surface area contributed by atoms with Crippen molar-refractivity contribution in [3.8, 4) is 5.75 Å². The molecular weight excluding hydrogens is 383 g/mol. The van der Waals surface area contributed by atoms with E-state index in [1.54, 1.807) is 12.1 Å². The number of guanidine groups is 1. The smallest absolute Gasteiger partial charge is 0.246 e. The van der Waals surface area contributed by atoms with Crippen molar-refractivity contribution in [3.05, 3.63) is 24.3 Å². The summed E-state index contributed by atoms with van der Waals surface area (Å²) in [5, 5.41) is 18.1. The standard InChI is InChI=1S/C14H22N4O2.HI/c1-4-15-14(17-10(2)3)16-9-13(20)18-11-5-7-12(19)8-6-11;/h5-8,10,19H,4,9H2,1-3H3,(H,18,20)(H2,15,16,17);1H. The van der Waals surface area contributed by atoms with Crippen LogP contribution in [0.5, 0.6) is 5.75 Å². The molecule has 0 unspecified atom stereocenters. The number of phenolic OH excluding ortho intramolecular Hbond substituents is 1. The van der Waals surface area contributed by atoms with E-state index in [1.165, 1.54) is 12.1 Å². The van der Waals surface area contributed by atoms with E-state index >= 15 is 0 Å². The molecule has 0 fully saturated rings. The van der Waals surface area contributed by atoms with Crippen LogP contribution in [-0.4, -0.2) is 36.1 Å².